The molecule has 0 bridgehead atoms. The van der Waals surface area contributed by atoms with Gasteiger partial charge in [-0.1, -0.05) is 13.0 Å². The lowest BCUT2D eigenvalue weighted by atomic mass is 10.1. The molecule has 1 rings (SSSR count). The molecular weight excluding hydrogens is 148 g/mol. The van der Waals surface area contributed by atoms with Crippen LogP contribution in [0.1, 0.15) is 18.1 Å². The van der Waals surface area contributed by atoms with E-state index in [1.165, 1.54) is 5.56 Å². The van der Waals surface area contributed by atoms with Crippen LogP contribution in [0, 0.1) is 11.3 Å². The van der Waals surface area contributed by atoms with E-state index < -0.39 is 0 Å². The van der Waals surface area contributed by atoms with Gasteiger partial charge in [0.05, 0.1) is 11.3 Å². The lowest BCUT2D eigenvalue weighted by Crippen LogP contribution is -1.93. The Bertz CT molecular complexity index is 310. The second-order valence-electron chi connectivity index (χ2n) is 2.60. The number of hydrogen-bond donors (Lipinski definition) is 1. The van der Waals surface area contributed by atoms with Gasteiger partial charge in [0.1, 0.15) is 6.07 Å². The van der Waals surface area contributed by atoms with E-state index in [0.29, 0.717) is 5.56 Å². The van der Waals surface area contributed by atoms with E-state index in [1.807, 2.05) is 25.2 Å². The number of aryl methyl sites for hydroxylation is 1. The molecule has 0 saturated carbocycles. The third kappa shape index (κ3) is 1.57. The van der Waals surface area contributed by atoms with Crippen LogP contribution in [-0.2, 0) is 6.42 Å². The molecule has 0 unspecified atom stereocenters. The molecule has 0 aliphatic carbocycles. The van der Waals surface area contributed by atoms with Gasteiger partial charge in [0.2, 0.25) is 0 Å². The van der Waals surface area contributed by atoms with Gasteiger partial charge < -0.3 is 5.32 Å². The fourth-order valence-corrected chi connectivity index (χ4v) is 1.12. The molecule has 12 heavy (non-hydrogen) atoms. The molecule has 62 valence electrons. The minimum absolute atomic E-state index is 0.703. The Morgan fingerprint density at radius 1 is 1.50 bits per heavy atom. The summed E-state index contributed by atoms with van der Waals surface area (Å²) >= 11 is 0. The first-order valence-corrected chi connectivity index (χ1v) is 4.02. The largest absolute Gasteiger partial charge is 0.387 e. The fourth-order valence-electron chi connectivity index (χ4n) is 1.12. The monoisotopic (exact) mass is 160 g/mol. The highest BCUT2D eigenvalue weighted by molar-refractivity contribution is 5.58. The Morgan fingerprint density at radius 2 is 2.25 bits per heavy atom. The van der Waals surface area contributed by atoms with Gasteiger partial charge in [-0.2, -0.15) is 5.26 Å². The van der Waals surface area contributed by atoms with Gasteiger partial charge in [-0.3, -0.25) is 0 Å². The first kappa shape index (κ1) is 8.61. The quantitative estimate of drug-likeness (QED) is 0.719. The summed E-state index contributed by atoms with van der Waals surface area (Å²) in [6, 6.07) is 7.99. The van der Waals surface area contributed by atoms with Crippen LogP contribution in [0.2, 0.25) is 0 Å². The number of rotatable bonds is 2. The Balaban J connectivity index is 3.13. The number of nitrogens with one attached hydrogen (secondary N) is 1. The zero-order valence-corrected chi connectivity index (χ0v) is 7.39. The number of anilines is 1. The predicted molar refractivity (Wildman–Crippen MR) is 50.1 cm³/mol. The third-order valence-electron chi connectivity index (χ3n) is 1.88. The summed E-state index contributed by atoms with van der Waals surface area (Å²) in [4.78, 5) is 0. The predicted octanol–water partition coefficient (Wildman–Crippen LogP) is 2.16. The lowest BCUT2D eigenvalue weighted by Gasteiger charge is -2.04. The minimum atomic E-state index is 0.703. The van der Waals surface area contributed by atoms with Crippen molar-refractivity contribution < 1.29 is 0 Å². The molecule has 1 N–H and O–H groups in total. The summed E-state index contributed by atoms with van der Waals surface area (Å²) in [5.41, 5.74) is 2.87. The zero-order valence-electron chi connectivity index (χ0n) is 7.39. The van der Waals surface area contributed by atoms with Crippen molar-refractivity contribution in [1.82, 2.24) is 0 Å². The second-order valence-corrected chi connectivity index (χ2v) is 2.60. The molecule has 1 aromatic rings. The topological polar surface area (TPSA) is 35.8 Å². The number of nitriles is 1. The van der Waals surface area contributed by atoms with E-state index in [-0.39, 0.29) is 0 Å². The molecule has 0 atom stereocenters. The Hall–Kier alpha value is -1.49. The van der Waals surface area contributed by atoms with Crippen LogP contribution >= 0.6 is 0 Å². The van der Waals surface area contributed by atoms with E-state index in [0.717, 1.165) is 12.1 Å². The van der Waals surface area contributed by atoms with Crippen LogP contribution in [0.3, 0.4) is 0 Å². The van der Waals surface area contributed by atoms with Gasteiger partial charge in [-0.05, 0) is 24.1 Å². The van der Waals surface area contributed by atoms with Crippen molar-refractivity contribution >= 4 is 5.69 Å². The van der Waals surface area contributed by atoms with E-state index in [1.54, 1.807) is 0 Å². The van der Waals surface area contributed by atoms with Crippen LogP contribution < -0.4 is 5.32 Å². The molecule has 0 aromatic heterocycles. The molecular formula is C10H12N2. The van der Waals surface area contributed by atoms with E-state index in [9.17, 15) is 0 Å². The van der Waals surface area contributed by atoms with Gasteiger partial charge in [0.25, 0.3) is 0 Å². The minimum Gasteiger partial charge on any atom is -0.387 e. The summed E-state index contributed by atoms with van der Waals surface area (Å²) in [6.07, 6.45) is 1.00. The van der Waals surface area contributed by atoms with Crippen molar-refractivity contribution in [2.75, 3.05) is 12.4 Å². The third-order valence-corrected chi connectivity index (χ3v) is 1.88. The van der Waals surface area contributed by atoms with Crippen molar-refractivity contribution in [2.24, 2.45) is 0 Å². The maximum atomic E-state index is 8.72. The Morgan fingerprint density at radius 3 is 2.75 bits per heavy atom. The molecule has 0 saturated heterocycles. The fraction of sp³-hybridized carbons (Fsp3) is 0.300. The normalized spacial score (nSPS) is 9.08. The van der Waals surface area contributed by atoms with Crippen molar-refractivity contribution in [1.29, 1.82) is 5.26 Å². The van der Waals surface area contributed by atoms with Gasteiger partial charge in [0.15, 0.2) is 0 Å². The average molecular weight is 160 g/mol. The highest BCUT2D eigenvalue weighted by Gasteiger charge is 1.99. The Labute approximate surface area is 72.8 Å². The van der Waals surface area contributed by atoms with Gasteiger partial charge in [-0.25, -0.2) is 0 Å². The maximum absolute atomic E-state index is 8.72. The average Bonchev–Trinajstić information content (AvgIpc) is 2.16. The highest BCUT2D eigenvalue weighted by Crippen LogP contribution is 2.16. The number of benzene rings is 1. The summed E-state index contributed by atoms with van der Waals surface area (Å²) in [7, 11) is 1.83. The van der Waals surface area contributed by atoms with Gasteiger partial charge in [-0.15, -0.1) is 0 Å². The van der Waals surface area contributed by atoms with Crippen molar-refractivity contribution in [3.05, 3.63) is 29.3 Å². The molecule has 2 heteroatoms. The van der Waals surface area contributed by atoms with E-state index >= 15 is 0 Å². The van der Waals surface area contributed by atoms with Gasteiger partial charge >= 0.3 is 0 Å². The zero-order chi connectivity index (χ0) is 8.97. The van der Waals surface area contributed by atoms with Crippen LogP contribution in [0.5, 0.6) is 0 Å². The van der Waals surface area contributed by atoms with Crippen LogP contribution in [0.25, 0.3) is 0 Å². The van der Waals surface area contributed by atoms with E-state index in [4.69, 9.17) is 5.26 Å². The van der Waals surface area contributed by atoms with Crippen LogP contribution in [0.15, 0.2) is 18.2 Å². The first-order chi connectivity index (χ1) is 5.81. The van der Waals surface area contributed by atoms with Crippen LogP contribution in [-0.4, -0.2) is 7.05 Å². The standard InChI is InChI=1S/C10H12N2/c1-3-8-4-5-9(7-11)10(6-8)12-2/h4-6,12H,3H2,1-2H3. The van der Waals surface area contributed by atoms with Crippen molar-refractivity contribution in [3.8, 4) is 6.07 Å². The maximum Gasteiger partial charge on any atom is 0.101 e. The molecule has 0 amide bonds. The molecule has 0 aliphatic rings. The smallest absolute Gasteiger partial charge is 0.101 e. The summed E-state index contributed by atoms with van der Waals surface area (Å²) in [5.74, 6) is 0. The number of hydrogen-bond acceptors (Lipinski definition) is 2. The SMILES string of the molecule is CCc1ccc(C#N)c(NC)c1. The summed E-state index contributed by atoms with van der Waals surface area (Å²) in [5, 5.41) is 11.7. The molecule has 1 aromatic carbocycles. The number of nitrogens with zero attached hydrogens (tertiary/aromatic N) is 1. The second kappa shape index (κ2) is 3.77. The van der Waals surface area contributed by atoms with Crippen molar-refractivity contribution in [3.63, 3.8) is 0 Å². The molecule has 0 radical (unpaired) electrons. The molecule has 0 aliphatic heterocycles. The molecule has 0 heterocycles. The lowest BCUT2D eigenvalue weighted by molar-refractivity contribution is 1.14. The summed E-state index contributed by atoms with van der Waals surface area (Å²) < 4.78 is 0. The molecule has 0 spiro atoms. The first-order valence-electron chi connectivity index (χ1n) is 4.02. The molecule has 0 fully saturated rings. The van der Waals surface area contributed by atoms with Crippen molar-refractivity contribution in [2.45, 2.75) is 13.3 Å². The summed E-state index contributed by atoms with van der Waals surface area (Å²) in [6.45, 7) is 2.10. The Kier molecular flexibility index (Phi) is 2.71. The van der Waals surface area contributed by atoms with Gasteiger partial charge in [0, 0.05) is 7.05 Å². The van der Waals surface area contributed by atoms with E-state index in [2.05, 4.69) is 18.3 Å². The van der Waals surface area contributed by atoms with Crippen LogP contribution in [0.4, 0.5) is 5.69 Å². The molecule has 2 nitrogen and oxygen atoms in total. The highest BCUT2D eigenvalue weighted by atomic mass is 14.8.